The monoisotopic (exact) mass is 386 g/mol. The number of H-pyrrole nitrogens is 1. The summed E-state index contributed by atoms with van der Waals surface area (Å²) in [5.74, 6) is -0.855. The summed E-state index contributed by atoms with van der Waals surface area (Å²) < 4.78 is 14.3. The van der Waals surface area contributed by atoms with Crippen LogP contribution in [-0.2, 0) is 16.9 Å². The molecule has 5 heteroatoms. The molecule has 29 heavy (non-hydrogen) atoms. The Morgan fingerprint density at radius 3 is 2.52 bits per heavy atom. The molecule has 4 nitrogen and oxygen atoms in total. The van der Waals surface area contributed by atoms with Gasteiger partial charge in [0.15, 0.2) is 5.60 Å². The lowest BCUT2D eigenvalue weighted by atomic mass is 9.85. The number of anilines is 1. The highest BCUT2D eigenvalue weighted by Gasteiger charge is 2.52. The highest BCUT2D eigenvalue weighted by molar-refractivity contribution is 6.11. The average molecular weight is 386 g/mol. The topological polar surface area (TPSA) is 56.3 Å². The molecule has 0 saturated heterocycles. The van der Waals surface area contributed by atoms with Crippen LogP contribution in [0.25, 0.3) is 10.9 Å². The fourth-order valence-corrected chi connectivity index (χ4v) is 4.37. The predicted molar refractivity (Wildman–Crippen MR) is 110 cm³/mol. The quantitative estimate of drug-likeness (QED) is 0.548. The van der Waals surface area contributed by atoms with Gasteiger partial charge in [0.2, 0.25) is 0 Å². The number of nitrogens with zero attached hydrogens (tertiary/aromatic N) is 1. The van der Waals surface area contributed by atoms with Crippen LogP contribution in [0.2, 0.25) is 0 Å². The van der Waals surface area contributed by atoms with Gasteiger partial charge in [-0.25, -0.2) is 4.39 Å². The Morgan fingerprint density at radius 2 is 1.69 bits per heavy atom. The summed E-state index contributed by atoms with van der Waals surface area (Å²) in [5, 5.41) is 12.7. The van der Waals surface area contributed by atoms with Crippen LogP contribution < -0.4 is 4.90 Å². The van der Waals surface area contributed by atoms with Crippen LogP contribution in [0.1, 0.15) is 22.4 Å². The van der Waals surface area contributed by atoms with Crippen LogP contribution in [0.15, 0.2) is 72.8 Å². The zero-order valence-corrected chi connectivity index (χ0v) is 15.8. The Bertz CT molecular complexity index is 1260. The third-order valence-corrected chi connectivity index (χ3v) is 5.68. The van der Waals surface area contributed by atoms with Crippen molar-refractivity contribution in [2.45, 2.75) is 19.1 Å². The van der Waals surface area contributed by atoms with E-state index in [1.54, 1.807) is 36.4 Å². The molecule has 2 N–H and O–H groups in total. The summed E-state index contributed by atoms with van der Waals surface area (Å²) in [4.78, 5) is 18.4. The maximum atomic E-state index is 14.3. The van der Waals surface area contributed by atoms with Crippen LogP contribution in [-0.4, -0.2) is 16.0 Å². The van der Waals surface area contributed by atoms with E-state index in [1.165, 1.54) is 11.0 Å². The lowest BCUT2D eigenvalue weighted by Crippen LogP contribution is -2.41. The number of aliphatic hydroxyl groups is 1. The van der Waals surface area contributed by atoms with Gasteiger partial charge >= 0.3 is 0 Å². The van der Waals surface area contributed by atoms with E-state index in [9.17, 15) is 14.3 Å². The molecule has 1 aromatic heterocycles. The smallest absolute Gasteiger partial charge is 0.268 e. The molecule has 5 rings (SSSR count). The summed E-state index contributed by atoms with van der Waals surface area (Å²) in [6.07, 6.45) is 0. The van der Waals surface area contributed by atoms with Crippen molar-refractivity contribution in [3.63, 3.8) is 0 Å². The average Bonchev–Trinajstić information content (AvgIpc) is 3.17. The van der Waals surface area contributed by atoms with Crippen LogP contribution in [0.3, 0.4) is 0 Å². The molecule has 1 amide bonds. The molecule has 0 spiro atoms. The summed E-state index contributed by atoms with van der Waals surface area (Å²) in [6.45, 7) is 1.90. The van der Waals surface area contributed by atoms with E-state index in [0.717, 1.165) is 16.6 Å². The minimum absolute atomic E-state index is 0.0479. The molecule has 4 aromatic rings. The van der Waals surface area contributed by atoms with E-state index < -0.39 is 11.5 Å². The Morgan fingerprint density at radius 1 is 1.00 bits per heavy atom. The number of amides is 1. The molecular formula is C24H19FN2O2. The van der Waals surface area contributed by atoms with E-state index in [4.69, 9.17) is 0 Å². The third kappa shape index (κ3) is 2.44. The van der Waals surface area contributed by atoms with Gasteiger partial charge in [-0.15, -0.1) is 0 Å². The third-order valence-electron chi connectivity index (χ3n) is 5.68. The first kappa shape index (κ1) is 17.6. The summed E-state index contributed by atoms with van der Waals surface area (Å²) in [7, 11) is 0. The Labute approximate surface area is 167 Å². The van der Waals surface area contributed by atoms with Gasteiger partial charge in [0.05, 0.1) is 12.2 Å². The van der Waals surface area contributed by atoms with Gasteiger partial charge < -0.3 is 15.0 Å². The second kappa shape index (κ2) is 6.29. The highest BCUT2D eigenvalue weighted by Crippen LogP contribution is 2.47. The van der Waals surface area contributed by atoms with E-state index >= 15 is 0 Å². The van der Waals surface area contributed by atoms with Gasteiger partial charge in [-0.05, 0) is 25.1 Å². The Kier molecular flexibility index (Phi) is 3.83. The molecule has 1 aliphatic rings. The molecule has 0 aliphatic carbocycles. The van der Waals surface area contributed by atoms with Crippen molar-refractivity contribution in [2.24, 2.45) is 0 Å². The largest absolute Gasteiger partial charge is 0.372 e. The summed E-state index contributed by atoms with van der Waals surface area (Å²) in [5.41, 5.74) is 1.78. The number of carbonyl (C=O) groups excluding carboxylic acids is 1. The first-order valence-electron chi connectivity index (χ1n) is 9.47. The normalized spacial score (nSPS) is 18.4. The maximum Gasteiger partial charge on any atom is 0.268 e. The van der Waals surface area contributed by atoms with Gasteiger partial charge in [-0.2, -0.15) is 0 Å². The van der Waals surface area contributed by atoms with Gasteiger partial charge in [-0.3, -0.25) is 4.79 Å². The summed E-state index contributed by atoms with van der Waals surface area (Å²) in [6, 6.07) is 21.1. The number of rotatable bonds is 3. The molecule has 3 aromatic carbocycles. The lowest BCUT2D eigenvalue weighted by Gasteiger charge is -2.24. The maximum absolute atomic E-state index is 14.3. The minimum Gasteiger partial charge on any atom is -0.372 e. The fourth-order valence-electron chi connectivity index (χ4n) is 4.37. The van der Waals surface area contributed by atoms with Crippen LogP contribution in [0.4, 0.5) is 10.1 Å². The van der Waals surface area contributed by atoms with Crippen molar-refractivity contribution in [3.8, 4) is 0 Å². The molecule has 2 heterocycles. The van der Waals surface area contributed by atoms with Crippen molar-refractivity contribution in [2.75, 3.05) is 4.90 Å². The first-order chi connectivity index (χ1) is 14.0. The Balaban J connectivity index is 1.71. The number of hydrogen-bond acceptors (Lipinski definition) is 2. The molecule has 1 atom stereocenters. The van der Waals surface area contributed by atoms with Crippen molar-refractivity contribution in [1.29, 1.82) is 0 Å². The van der Waals surface area contributed by atoms with E-state index in [-0.39, 0.29) is 12.4 Å². The standard InChI is InChI=1S/C24H19FN2O2/c1-15-22(17-9-3-6-12-20(17)26-15)24(29)18-10-4-7-13-21(18)27(23(24)28)14-16-8-2-5-11-19(16)25/h2-13,26,29H,14H2,1H3/t24-/m0/s1. The highest BCUT2D eigenvalue weighted by atomic mass is 19.1. The number of hydrogen-bond donors (Lipinski definition) is 2. The van der Waals surface area contributed by atoms with Crippen LogP contribution >= 0.6 is 0 Å². The van der Waals surface area contributed by atoms with Gasteiger partial charge in [0.25, 0.3) is 5.91 Å². The van der Waals surface area contributed by atoms with Crippen molar-refractivity contribution < 1.29 is 14.3 Å². The number of carbonyl (C=O) groups is 1. The Hall–Kier alpha value is -3.44. The molecular weight excluding hydrogens is 367 g/mol. The summed E-state index contributed by atoms with van der Waals surface area (Å²) >= 11 is 0. The van der Waals surface area contributed by atoms with E-state index in [2.05, 4.69) is 4.98 Å². The molecule has 144 valence electrons. The number of halogens is 1. The molecule has 0 bridgehead atoms. The number of fused-ring (bicyclic) bond motifs is 2. The van der Waals surface area contributed by atoms with Crippen molar-refractivity contribution >= 4 is 22.5 Å². The lowest BCUT2D eigenvalue weighted by molar-refractivity contribution is -0.132. The zero-order valence-electron chi connectivity index (χ0n) is 15.8. The van der Waals surface area contributed by atoms with Crippen molar-refractivity contribution in [1.82, 2.24) is 4.98 Å². The predicted octanol–water partition coefficient (Wildman–Crippen LogP) is 4.40. The number of nitrogens with one attached hydrogen (secondary N) is 1. The fraction of sp³-hybridized carbons (Fsp3) is 0.125. The first-order valence-corrected chi connectivity index (χ1v) is 9.47. The van der Waals surface area contributed by atoms with Gasteiger partial charge in [-0.1, -0.05) is 54.6 Å². The molecule has 0 unspecified atom stereocenters. The number of benzene rings is 3. The number of aromatic amines is 1. The number of aromatic nitrogens is 1. The second-order valence-electron chi connectivity index (χ2n) is 7.38. The molecule has 0 saturated carbocycles. The number of aryl methyl sites for hydroxylation is 1. The zero-order chi connectivity index (χ0) is 20.2. The SMILES string of the molecule is Cc1[nH]c2ccccc2c1[C@]1(O)C(=O)N(Cc2ccccc2F)c2ccccc21. The van der Waals surface area contributed by atoms with Crippen LogP contribution in [0.5, 0.6) is 0 Å². The number of para-hydroxylation sites is 2. The van der Waals surface area contributed by atoms with E-state index in [0.29, 0.717) is 22.4 Å². The van der Waals surface area contributed by atoms with E-state index in [1.807, 2.05) is 37.3 Å². The molecule has 0 fully saturated rings. The van der Waals surface area contributed by atoms with Gasteiger partial charge in [0, 0.05) is 33.3 Å². The van der Waals surface area contributed by atoms with Crippen LogP contribution in [0, 0.1) is 12.7 Å². The van der Waals surface area contributed by atoms with Gasteiger partial charge in [0.1, 0.15) is 5.82 Å². The second-order valence-corrected chi connectivity index (χ2v) is 7.38. The molecule has 0 radical (unpaired) electrons. The molecule has 1 aliphatic heterocycles. The minimum atomic E-state index is -1.84. The van der Waals surface area contributed by atoms with Crippen molar-refractivity contribution in [3.05, 3.63) is 101 Å².